The maximum atomic E-state index is 13.1. The van der Waals surface area contributed by atoms with E-state index in [0.717, 1.165) is 17.8 Å². The van der Waals surface area contributed by atoms with Gasteiger partial charge in [-0.25, -0.2) is 9.38 Å². The molecule has 0 unspecified atom stereocenters. The number of nitrogens with zero attached hydrogens (tertiary/aromatic N) is 3. The van der Waals surface area contributed by atoms with Crippen LogP contribution in [0.5, 0.6) is 0 Å². The van der Waals surface area contributed by atoms with Gasteiger partial charge in [0.25, 0.3) is 0 Å². The van der Waals surface area contributed by atoms with Crippen LogP contribution in [0.1, 0.15) is 18.2 Å². The number of aliphatic imine (C=N–C) groups is 1. The Kier molecular flexibility index (Phi) is 5.77. The highest BCUT2D eigenvalue weighted by molar-refractivity contribution is 6.30. The Hall–Kier alpha value is -2.08. The summed E-state index contributed by atoms with van der Waals surface area (Å²) in [5.41, 5.74) is 1.90. The van der Waals surface area contributed by atoms with Gasteiger partial charge in [0.1, 0.15) is 5.82 Å². The number of hydrogen-bond donors (Lipinski definition) is 2. The fourth-order valence-electron chi connectivity index (χ4n) is 1.90. The molecule has 0 aliphatic rings. The molecule has 0 bridgehead atoms. The van der Waals surface area contributed by atoms with E-state index < -0.39 is 5.82 Å². The number of benzene rings is 1. The molecule has 0 amide bonds. The largest absolute Gasteiger partial charge is 0.357 e. The second-order valence-corrected chi connectivity index (χ2v) is 5.15. The smallest absolute Gasteiger partial charge is 0.191 e. The molecule has 0 radical (unpaired) electrons. The molecule has 2 N–H and O–H groups in total. The second kappa shape index (κ2) is 7.79. The number of aryl methyl sites for hydroxylation is 1. The Bertz CT molecular complexity index is 653. The minimum Gasteiger partial charge on any atom is -0.357 e. The topological polar surface area (TPSA) is 54.2 Å². The predicted octanol–water partition coefficient (Wildman–Crippen LogP) is 2.47. The van der Waals surface area contributed by atoms with E-state index in [9.17, 15) is 4.39 Å². The van der Waals surface area contributed by atoms with Gasteiger partial charge in [-0.1, -0.05) is 17.7 Å². The fourth-order valence-corrected chi connectivity index (χ4v) is 2.10. The predicted molar refractivity (Wildman–Crippen MR) is 86.3 cm³/mol. The molecule has 5 nitrogen and oxygen atoms in total. The van der Waals surface area contributed by atoms with E-state index in [-0.39, 0.29) is 5.02 Å². The van der Waals surface area contributed by atoms with Crippen LogP contribution in [0.15, 0.2) is 35.5 Å². The molecular weight excluding hydrogens is 305 g/mol. The van der Waals surface area contributed by atoms with Crippen molar-refractivity contribution in [3.8, 4) is 0 Å². The number of rotatable bonds is 5. The van der Waals surface area contributed by atoms with Crippen LogP contribution in [-0.2, 0) is 20.1 Å². The fraction of sp³-hybridized carbons (Fsp3) is 0.333. The first-order valence-electron chi connectivity index (χ1n) is 7.03. The lowest BCUT2D eigenvalue weighted by molar-refractivity contribution is 0.627. The van der Waals surface area contributed by atoms with E-state index in [1.807, 2.05) is 20.0 Å². The standard InChI is InChI=1S/C15H19ClFN5/c1-3-18-15(20-10-12-6-7-21-22(12)2)19-9-11-4-5-14(17)13(16)8-11/h4-8H,3,9-10H2,1-2H3,(H2,18,19,20). The van der Waals surface area contributed by atoms with Crippen LogP contribution >= 0.6 is 11.6 Å². The van der Waals surface area contributed by atoms with E-state index in [2.05, 4.69) is 20.7 Å². The van der Waals surface area contributed by atoms with Gasteiger partial charge < -0.3 is 10.6 Å². The van der Waals surface area contributed by atoms with Crippen LogP contribution < -0.4 is 10.6 Å². The Morgan fingerprint density at radius 1 is 1.36 bits per heavy atom. The Labute approximate surface area is 134 Å². The Balaban J connectivity index is 2.00. The molecule has 1 aromatic carbocycles. The van der Waals surface area contributed by atoms with Crippen LogP contribution in [0.2, 0.25) is 5.02 Å². The SMILES string of the molecule is CCNC(=NCc1ccc(F)c(Cl)c1)NCc1ccnn1C. The minimum atomic E-state index is -0.421. The van der Waals surface area contributed by atoms with Gasteiger partial charge in [0.05, 0.1) is 23.8 Å². The number of nitrogens with one attached hydrogen (secondary N) is 2. The van der Waals surface area contributed by atoms with Gasteiger partial charge >= 0.3 is 0 Å². The third kappa shape index (κ3) is 4.46. The normalized spacial score (nSPS) is 11.5. The van der Waals surface area contributed by atoms with Gasteiger partial charge in [-0.05, 0) is 30.7 Å². The van der Waals surface area contributed by atoms with Crippen molar-refractivity contribution in [3.63, 3.8) is 0 Å². The molecule has 0 aliphatic heterocycles. The van der Waals surface area contributed by atoms with Crippen LogP contribution in [-0.4, -0.2) is 22.3 Å². The summed E-state index contributed by atoms with van der Waals surface area (Å²) in [6.45, 7) is 3.78. The summed E-state index contributed by atoms with van der Waals surface area (Å²) in [7, 11) is 1.89. The molecule has 1 heterocycles. The zero-order valence-electron chi connectivity index (χ0n) is 12.6. The van der Waals surface area contributed by atoms with Crippen molar-refractivity contribution in [1.82, 2.24) is 20.4 Å². The third-order valence-corrected chi connectivity index (χ3v) is 3.40. The second-order valence-electron chi connectivity index (χ2n) is 4.74. The summed E-state index contributed by atoms with van der Waals surface area (Å²) in [4.78, 5) is 4.47. The number of aromatic nitrogens is 2. The zero-order valence-corrected chi connectivity index (χ0v) is 13.4. The summed E-state index contributed by atoms with van der Waals surface area (Å²) < 4.78 is 14.9. The van der Waals surface area contributed by atoms with Crippen LogP contribution in [0.4, 0.5) is 4.39 Å². The van der Waals surface area contributed by atoms with Gasteiger partial charge in [-0.2, -0.15) is 5.10 Å². The third-order valence-electron chi connectivity index (χ3n) is 3.11. The average Bonchev–Trinajstić information content (AvgIpc) is 2.91. The molecule has 0 spiro atoms. The first-order valence-corrected chi connectivity index (χ1v) is 7.41. The first-order chi connectivity index (χ1) is 10.6. The first kappa shape index (κ1) is 16.3. The number of hydrogen-bond acceptors (Lipinski definition) is 2. The van der Waals surface area contributed by atoms with E-state index in [4.69, 9.17) is 11.6 Å². The van der Waals surface area contributed by atoms with Crippen LogP contribution in [0.25, 0.3) is 0 Å². The number of halogens is 2. The lowest BCUT2D eigenvalue weighted by Crippen LogP contribution is -2.37. The van der Waals surface area contributed by atoms with E-state index >= 15 is 0 Å². The van der Waals surface area contributed by atoms with E-state index in [0.29, 0.717) is 19.0 Å². The molecule has 7 heteroatoms. The quantitative estimate of drug-likeness (QED) is 0.656. The highest BCUT2D eigenvalue weighted by Crippen LogP contribution is 2.16. The molecule has 0 fully saturated rings. The Morgan fingerprint density at radius 3 is 2.82 bits per heavy atom. The lowest BCUT2D eigenvalue weighted by atomic mass is 10.2. The van der Waals surface area contributed by atoms with Crippen LogP contribution in [0, 0.1) is 5.82 Å². The van der Waals surface area contributed by atoms with Gasteiger partial charge in [0.15, 0.2) is 5.96 Å². The monoisotopic (exact) mass is 323 g/mol. The molecular formula is C15H19ClFN5. The summed E-state index contributed by atoms with van der Waals surface area (Å²) >= 11 is 5.77. The highest BCUT2D eigenvalue weighted by atomic mass is 35.5. The molecule has 0 aliphatic carbocycles. The molecule has 1 aromatic heterocycles. The van der Waals surface area contributed by atoms with E-state index in [1.54, 1.807) is 23.0 Å². The van der Waals surface area contributed by atoms with Crippen molar-refractivity contribution < 1.29 is 4.39 Å². The van der Waals surface area contributed by atoms with Crippen molar-refractivity contribution >= 4 is 17.6 Å². The molecule has 22 heavy (non-hydrogen) atoms. The van der Waals surface area contributed by atoms with Crippen LogP contribution in [0.3, 0.4) is 0 Å². The molecule has 2 rings (SSSR count). The maximum absolute atomic E-state index is 13.1. The summed E-state index contributed by atoms with van der Waals surface area (Å²) in [6, 6.07) is 6.56. The minimum absolute atomic E-state index is 0.112. The van der Waals surface area contributed by atoms with Crippen molar-refractivity contribution in [2.24, 2.45) is 12.0 Å². The Morgan fingerprint density at radius 2 is 2.18 bits per heavy atom. The van der Waals surface area contributed by atoms with Gasteiger partial charge in [0, 0.05) is 19.8 Å². The lowest BCUT2D eigenvalue weighted by Gasteiger charge is -2.11. The summed E-state index contributed by atoms with van der Waals surface area (Å²) in [5, 5.41) is 10.6. The number of guanidine groups is 1. The van der Waals surface area contributed by atoms with Crippen molar-refractivity contribution in [3.05, 3.63) is 52.6 Å². The summed E-state index contributed by atoms with van der Waals surface area (Å²) in [5.74, 6) is 0.264. The molecule has 0 saturated carbocycles. The molecule has 2 aromatic rings. The maximum Gasteiger partial charge on any atom is 0.191 e. The molecule has 0 saturated heterocycles. The molecule has 0 atom stereocenters. The highest BCUT2D eigenvalue weighted by Gasteiger charge is 2.03. The van der Waals surface area contributed by atoms with Crippen molar-refractivity contribution in [1.29, 1.82) is 0 Å². The zero-order chi connectivity index (χ0) is 15.9. The van der Waals surface area contributed by atoms with E-state index in [1.165, 1.54) is 6.07 Å². The average molecular weight is 324 g/mol. The van der Waals surface area contributed by atoms with Gasteiger partial charge in [-0.15, -0.1) is 0 Å². The summed E-state index contributed by atoms with van der Waals surface area (Å²) in [6.07, 6.45) is 1.75. The van der Waals surface area contributed by atoms with Crippen molar-refractivity contribution in [2.45, 2.75) is 20.0 Å². The van der Waals surface area contributed by atoms with Gasteiger partial charge in [0.2, 0.25) is 0 Å². The molecule has 118 valence electrons. The van der Waals surface area contributed by atoms with Crippen molar-refractivity contribution in [2.75, 3.05) is 6.54 Å². The van der Waals surface area contributed by atoms with Gasteiger partial charge in [-0.3, -0.25) is 4.68 Å².